The maximum Gasteiger partial charge on any atom is 0.234 e. The average molecular weight is 309 g/mol. The second-order valence-electron chi connectivity index (χ2n) is 5.75. The van der Waals surface area contributed by atoms with E-state index < -0.39 is 0 Å². The van der Waals surface area contributed by atoms with Crippen LogP contribution in [-0.4, -0.2) is 42.8 Å². The van der Waals surface area contributed by atoms with Crippen LogP contribution in [0, 0.1) is 5.92 Å². The molecule has 0 unspecified atom stereocenters. The number of amides is 1. The van der Waals surface area contributed by atoms with Gasteiger partial charge in [0.15, 0.2) is 0 Å². The number of rotatable bonds is 5. The van der Waals surface area contributed by atoms with E-state index in [1.807, 2.05) is 30.9 Å². The van der Waals surface area contributed by atoms with Crippen LogP contribution in [0.1, 0.15) is 25.3 Å². The van der Waals surface area contributed by atoms with E-state index in [2.05, 4.69) is 5.32 Å². The fraction of sp³-hybridized carbons (Fsp3) is 0.500. The highest BCUT2D eigenvalue weighted by molar-refractivity contribution is 6.30. The van der Waals surface area contributed by atoms with Gasteiger partial charge in [-0.2, -0.15) is 0 Å². The number of nitrogens with zero attached hydrogens (tertiary/aromatic N) is 1. The molecular formula is C16H21ClN2O2. The predicted octanol–water partition coefficient (Wildman–Crippen LogP) is 2.08. The van der Waals surface area contributed by atoms with Crippen LogP contribution in [0.3, 0.4) is 0 Å². The molecule has 1 aromatic rings. The Morgan fingerprint density at radius 2 is 2.00 bits per heavy atom. The normalized spacial score (nSPS) is 17.6. The molecule has 0 bridgehead atoms. The molecule has 1 N–H and O–H groups in total. The zero-order chi connectivity index (χ0) is 15.4. The van der Waals surface area contributed by atoms with Crippen LogP contribution < -0.4 is 5.32 Å². The molecular weight excluding hydrogens is 288 g/mol. The van der Waals surface area contributed by atoms with E-state index in [0.717, 1.165) is 12.1 Å². The molecule has 21 heavy (non-hydrogen) atoms. The molecule has 0 radical (unpaired) electrons. The largest absolute Gasteiger partial charge is 0.354 e. The Morgan fingerprint density at radius 1 is 1.33 bits per heavy atom. The molecule has 0 aliphatic carbocycles. The van der Waals surface area contributed by atoms with Crippen LogP contribution in [0.25, 0.3) is 0 Å². The summed E-state index contributed by atoms with van der Waals surface area (Å²) in [6, 6.07) is 7.41. The molecule has 1 aliphatic heterocycles. The van der Waals surface area contributed by atoms with Crippen molar-refractivity contribution in [2.24, 2.45) is 5.92 Å². The molecule has 0 spiro atoms. The maximum absolute atomic E-state index is 12.5. The summed E-state index contributed by atoms with van der Waals surface area (Å²) in [5.41, 5.74) is 0.962. The van der Waals surface area contributed by atoms with Crippen molar-refractivity contribution in [1.82, 2.24) is 10.2 Å². The highest BCUT2D eigenvalue weighted by Crippen LogP contribution is 2.24. The van der Waals surface area contributed by atoms with E-state index in [9.17, 15) is 9.59 Å². The van der Waals surface area contributed by atoms with Gasteiger partial charge in [-0.05, 0) is 17.7 Å². The second-order valence-corrected chi connectivity index (χ2v) is 6.18. The fourth-order valence-electron chi connectivity index (χ4n) is 2.56. The van der Waals surface area contributed by atoms with Crippen LogP contribution in [0.2, 0.25) is 5.02 Å². The quantitative estimate of drug-likeness (QED) is 0.906. The SMILES string of the molecule is CC(C)C(=O)[C@@H](CN1CCNC(=O)C1)c1ccc(Cl)cc1. The minimum atomic E-state index is -0.215. The summed E-state index contributed by atoms with van der Waals surface area (Å²) >= 11 is 5.92. The van der Waals surface area contributed by atoms with Crippen molar-refractivity contribution in [2.75, 3.05) is 26.2 Å². The first-order valence-corrected chi connectivity index (χ1v) is 7.63. The summed E-state index contributed by atoms with van der Waals surface area (Å²) < 4.78 is 0. The number of hydrogen-bond donors (Lipinski definition) is 1. The minimum Gasteiger partial charge on any atom is -0.354 e. The predicted molar refractivity (Wildman–Crippen MR) is 83.5 cm³/mol. The summed E-state index contributed by atoms with van der Waals surface area (Å²) in [6.07, 6.45) is 0. The van der Waals surface area contributed by atoms with Gasteiger partial charge in [-0.25, -0.2) is 0 Å². The first-order valence-electron chi connectivity index (χ1n) is 7.25. The van der Waals surface area contributed by atoms with Crippen LogP contribution in [0.5, 0.6) is 0 Å². The molecule has 1 aromatic carbocycles. The number of Topliss-reactive ketones (excluding diaryl/α,β-unsaturated/α-hetero) is 1. The molecule has 1 saturated heterocycles. The summed E-state index contributed by atoms with van der Waals surface area (Å²) in [4.78, 5) is 26.0. The van der Waals surface area contributed by atoms with Crippen molar-refractivity contribution in [2.45, 2.75) is 19.8 Å². The van der Waals surface area contributed by atoms with E-state index in [0.29, 0.717) is 24.7 Å². The number of halogens is 1. The first kappa shape index (κ1) is 16.0. The van der Waals surface area contributed by atoms with Gasteiger partial charge in [0.1, 0.15) is 5.78 Å². The van der Waals surface area contributed by atoms with Crippen LogP contribution >= 0.6 is 11.6 Å². The Balaban J connectivity index is 2.17. The molecule has 4 nitrogen and oxygen atoms in total. The zero-order valence-electron chi connectivity index (χ0n) is 12.4. The van der Waals surface area contributed by atoms with Crippen molar-refractivity contribution in [3.63, 3.8) is 0 Å². The molecule has 5 heteroatoms. The summed E-state index contributed by atoms with van der Waals surface area (Å²) in [7, 11) is 0. The van der Waals surface area contributed by atoms with E-state index in [1.54, 1.807) is 12.1 Å². The van der Waals surface area contributed by atoms with Gasteiger partial charge < -0.3 is 5.32 Å². The monoisotopic (exact) mass is 308 g/mol. The van der Waals surface area contributed by atoms with Crippen molar-refractivity contribution in [3.8, 4) is 0 Å². The first-order chi connectivity index (χ1) is 9.97. The molecule has 2 rings (SSSR count). The minimum absolute atomic E-state index is 0.0214. The number of piperazine rings is 1. The Labute approximate surface area is 130 Å². The summed E-state index contributed by atoms with van der Waals surface area (Å²) in [5.74, 6) is -0.0335. The van der Waals surface area contributed by atoms with Gasteiger partial charge in [0.05, 0.1) is 12.5 Å². The lowest BCUT2D eigenvalue weighted by Crippen LogP contribution is -2.49. The lowest BCUT2D eigenvalue weighted by Gasteiger charge is -2.30. The molecule has 1 amide bonds. The Hall–Kier alpha value is -1.39. The average Bonchev–Trinajstić information content (AvgIpc) is 2.45. The van der Waals surface area contributed by atoms with Gasteiger partial charge in [0.25, 0.3) is 0 Å². The van der Waals surface area contributed by atoms with Gasteiger partial charge in [-0.1, -0.05) is 37.6 Å². The smallest absolute Gasteiger partial charge is 0.234 e. The number of carbonyl (C=O) groups excluding carboxylic acids is 2. The molecule has 1 atom stereocenters. The van der Waals surface area contributed by atoms with E-state index in [4.69, 9.17) is 11.6 Å². The molecule has 1 heterocycles. The molecule has 0 aromatic heterocycles. The number of nitrogens with one attached hydrogen (secondary N) is 1. The van der Waals surface area contributed by atoms with Gasteiger partial charge in [-0.15, -0.1) is 0 Å². The van der Waals surface area contributed by atoms with Crippen LogP contribution in [-0.2, 0) is 9.59 Å². The molecule has 1 aliphatic rings. The maximum atomic E-state index is 12.5. The zero-order valence-corrected chi connectivity index (χ0v) is 13.2. The highest BCUT2D eigenvalue weighted by Gasteiger charge is 2.27. The van der Waals surface area contributed by atoms with Gasteiger partial charge in [0, 0.05) is 30.6 Å². The number of benzene rings is 1. The van der Waals surface area contributed by atoms with Gasteiger partial charge >= 0.3 is 0 Å². The van der Waals surface area contributed by atoms with Crippen molar-refractivity contribution < 1.29 is 9.59 Å². The van der Waals surface area contributed by atoms with Crippen LogP contribution in [0.15, 0.2) is 24.3 Å². The standard InChI is InChI=1S/C16H21ClN2O2/c1-11(2)16(21)14(12-3-5-13(17)6-4-12)9-19-8-7-18-15(20)10-19/h3-6,11,14H,7-10H2,1-2H3,(H,18,20)/t14-/m0/s1. The van der Waals surface area contributed by atoms with E-state index >= 15 is 0 Å². The lowest BCUT2D eigenvalue weighted by molar-refractivity contribution is -0.127. The summed E-state index contributed by atoms with van der Waals surface area (Å²) in [6.45, 7) is 6.17. The fourth-order valence-corrected chi connectivity index (χ4v) is 2.69. The van der Waals surface area contributed by atoms with Crippen molar-refractivity contribution >= 4 is 23.3 Å². The number of carbonyl (C=O) groups is 2. The molecule has 114 valence electrons. The number of hydrogen-bond acceptors (Lipinski definition) is 3. The Bertz CT molecular complexity index is 514. The Morgan fingerprint density at radius 3 is 2.57 bits per heavy atom. The van der Waals surface area contributed by atoms with Crippen molar-refractivity contribution in [3.05, 3.63) is 34.9 Å². The van der Waals surface area contributed by atoms with Crippen molar-refractivity contribution in [1.29, 1.82) is 0 Å². The third kappa shape index (κ3) is 4.29. The topological polar surface area (TPSA) is 49.4 Å². The Kier molecular flexibility index (Phi) is 5.37. The summed E-state index contributed by atoms with van der Waals surface area (Å²) in [5, 5.41) is 3.46. The lowest BCUT2D eigenvalue weighted by atomic mass is 9.88. The highest BCUT2D eigenvalue weighted by atomic mass is 35.5. The third-order valence-corrected chi connectivity index (χ3v) is 4.00. The van der Waals surface area contributed by atoms with Gasteiger partial charge in [0.2, 0.25) is 5.91 Å². The van der Waals surface area contributed by atoms with Crippen LogP contribution in [0.4, 0.5) is 0 Å². The molecule has 0 saturated carbocycles. The number of ketones is 1. The molecule has 1 fully saturated rings. The van der Waals surface area contributed by atoms with E-state index in [-0.39, 0.29) is 23.5 Å². The van der Waals surface area contributed by atoms with E-state index in [1.165, 1.54) is 0 Å². The second kappa shape index (κ2) is 7.05. The van der Waals surface area contributed by atoms with Gasteiger partial charge in [-0.3, -0.25) is 14.5 Å². The third-order valence-electron chi connectivity index (χ3n) is 3.74.